The average molecular weight is 275 g/mol. The van der Waals surface area contributed by atoms with E-state index in [0.717, 1.165) is 12.3 Å². The van der Waals surface area contributed by atoms with Crippen LogP contribution in [0.15, 0.2) is 22.2 Å². The number of thioether (sulfide) groups is 1. The molecule has 0 saturated heterocycles. The van der Waals surface area contributed by atoms with E-state index in [-0.39, 0.29) is 5.56 Å². The van der Waals surface area contributed by atoms with Crippen molar-refractivity contribution in [3.63, 3.8) is 0 Å². The highest BCUT2D eigenvalue weighted by molar-refractivity contribution is 7.99. The molecule has 0 aliphatic carbocycles. The van der Waals surface area contributed by atoms with Gasteiger partial charge in [0.25, 0.3) is 5.56 Å². The lowest BCUT2D eigenvalue weighted by Gasteiger charge is -2.10. The van der Waals surface area contributed by atoms with Crippen LogP contribution in [-0.2, 0) is 6.54 Å². The summed E-state index contributed by atoms with van der Waals surface area (Å²) in [6, 6.07) is 0. The molecule has 1 atom stereocenters. The summed E-state index contributed by atoms with van der Waals surface area (Å²) in [5, 5.41) is 0.574. The van der Waals surface area contributed by atoms with Gasteiger partial charge in [-0.2, -0.15) is 0 Å². The van der Waals surface area contributed by atoms with Crippen molar-refractivity contribution in [1.29, 1.82) is 0 Å². The molecule has 17 heavy (non-hydrogen) atoms. The van der Waals surface area contributed by atoms with Crippen LogP contribution in [0.5, 0.6) is 0 Å². The molecule has 0 N–H and O–H groups in total. The van der Waals surface area contributed by atoms with Gasteiger partial charge < -0.3 is 4.57 Å². The first-order valence-corrected chi connectivity index (χ1v) is 7.30. The van der Waals surface area contributed by atoms with E-state index in [1.807, 2.05) is 0 Å². The SMILES string of the molecule is CC(C)Cn1ccnc(SCC(C)CCl)c1=O. The number of aromatic nitrogens is 2. The van der Waals surface area contributed by atoms with Gasteiger partial charge in [0.05, 0.1) is 0 Å². The molecule has 5 heteroatoms. The third-order valence-electron chi connectivity index (χ3n) is 2.21. The molecular formula is C12H19ClN2OS. The van der Waals surface area contributed by atoms with Gasteiger partial charge in [0.1, 0.15) is 0 Å². The van der Waals surface area contributed by atoms with Gasteiger partial charge in [-0.25, -0.2) is 4.98 Å². The monoisotopic (exact) mass is 274 g/mol. The van der Waals surface area contributed by atoms with E-state index in [1.165, 1.54) is 11.8 Å². The predicted molar refractivity (Wildman–Crippen MR) is 73.9 cm³/mol. The minimum atomic E-state index is 0.00738. The Morgan fingerprint density at radius 2 is 2.18 bits per heavy atom. The highest BCUT2D eigenvalue weighted by Crippen LogP contribution is 2.15. The Kier molecular flexibility index (Phi) is 6.06. The normalized spacial score (nSPS) is 13.0. The largest absolute Gasteiger partial charge is 0.311 e. The van der Waals surface area contributed by atoms with Crippen molar-refractivity contribution in [3.05, 3.63) is 22.7 Å². The molecule has 1 unspecified atom stereocenters. The van der Waals surface area contributed by atoms with Crippen molar-refractivity contribution in [3.8, 4) is 0 Å². The van der Waals surface area contributed by atoms with Gasteiger partial charge in [-0.15, -0.1) is 23.4 Å². The highest BCUT2D eigenvalue weighted by atomic mass is 35.5. The molecule has 96 valence electrons. The zero-order chi connectivity index (χ0) is 12.8. The number of hydrogen-bond acceptors (Lipinski definition) is 3. The predicted octanol–water partition coefficient (Wildman–Crippen LogP) is 2.87. The van der Waals surface area contributed by atoms with E-state index in [2.05, 4.69) is 25.8 Å². The van der Waals surface area contributed by atoms with Crippen LogP contribution in [0.3, 0.4) is 0 Å². The number of rotatable bonds is 6. The fraction of sp³-hybridized carbons (Fsp3) is 0.667. The maximum Gasteiger partial charge on any atom is 0.283 e. The van der Waals surface area contributed by atoms with Crippen LogP contribution in [0.25, 0.3) is 0 Å². The molecule has 0 radical (unpaired) electrons. The summed E-state index contributed by atoms with van der Waals surface area (Å²) in [6.07, 6.45) is 3.44. The Bertz CT molecular complexity index is 406. The van der Waals surface area contributed by atoms with Crippen LogP contribution in [-0.4, -0.2) is 21.2 Å². The number of nitrogens with zero attached hydrogens (tertiary/aromatic N) is 2. The van der Waals surface area contributed by atoms with Gasteiger partial charge in [0.15, 0.2) is 5.03 Å². The Labute approximate surface area is 112 Å². The summed E-state index contributed by atoms with van der Waals surface area (Å²) in [7, 11) is 0. The lowest BCUT2D eigenvalue weighted by Crippen LogP contribution is -2.24. The topological polar surface area (TPSA) is 34.9 Å². The fourth-order valence-electron chi connectivity index (χ4n) is 1.33. The molecule has 0 aliphatic heterocycles. The van der Waals surface area contributed by atoms with Crippen LogP contribution in [0.4, 0.5) is 0 Å². The Hall–Kier alpha value is -0.480. The van der Waals surface area contributed by atoms with E-state index in [9.17, 15) is 4.79 Å². The first kappa shape index (κ1) is 14.6. The maximum absolute atomic E-state index is 12.1. The summed E-state index contributed by atoms with van der Waals surface area (Å²) in [5.74, 6) is 2.29. The van der Waals surface area contributed by atoms with Crippen LogP contribution in [0, 0.1) is 11.8 Å². The maximum atomic E-state index is 12.1. The molecule has 1 aromatic heterocycles. The van der Waals surface area contributed by atoms with E-state index >= 15 is 0 Å². The smallest absolute Gasteiger partial charge is 0.283 e. The van der Waals surface area contributed by atoms with E-state index in [4.69, 9.17) is 11.6 Å². The molecule has 0 fully saturated rings. The van der Waals surface area contributed by atoms with E-state index < -0.39 is 0 Å². The average Bonchev–Trinajstić information content (AvgIpc) is 2.29. The van der Waals surface area contributed by atoms with E-state index in [0.29, 0.717) is 22.7 Å². The summed E-state index contributed by atoms with van der Waals surface area (Å²) in [6.45, 7) is 6.99. The van der Waals surface area contributed by atoms with Gasteiger partial charge in [-0.1, -0.05) is 20.8 Å². The van der Waals surface area contributed by atoms with Crippen molar-refractivity contribution in [2.24, 2.45) is 11.8 Å². The first-order chi connectivity index (χ1) is 8.04. The third kappa shape index (κ3) is 4.72. The fourth-order valence-corrected chi connectivity index (χ4v) is 2.50. The number of halogens is 1. The molecule has 1 rings (SSSR count). The quantitative estimate of drug-likeness (QED) is 0.591. The van der Waals surface area contributed by atoms with Crippen molar-refractivity contribution in [1.82, 2.24) is 9.55 Å². The highest BCUT2D eigenvalue weighted by Gasteiger charge is 2.08. The lowest BCUT2D eigenvalue weighted by molar-refractivity contribution is 0.502. The van der Waals surface area contributed by atoms with Gasteiger partial charge >= 0.3 is 0 Å². The molecule has 1 heterocycles. The number of alkyl halides is 1. The Morgan fingerprint density at radius 3 is 2.76 bits per heavy atom. The van der Waals surface area contributed by atoms with Crippen LogP contribution in [0.2, 0.25) is 0 Å². The van der Waals surface area contributed by atoms with Gasteiger partial charge in [0.2, 0.25) is 0 Å². The summed E-state index contributed by atoms with van der Waals surface area (Å²) in [5.41, 5.74) is 0.00738. The molecule has 0 saturated carbocycles. The molecule has 0 amide bonds. The molecule has 0 bridgehead atoms. The van der Waals surface area contributed by atoms with E-state index in [1.54, 1.807) is 17.0 Å². The molecular weight excluding hydrogens is 256 g/mol. The van der Waals surface area contributed by atoms with Gasteiger partial charge in [-0.05, 0) is 11.8 Å². The Morgan fingerprint density at radius 1 is 1.47 bits per heavy atom. The molecule has 1 aromatic rings. The second-order valence-electron chi connectivity index (χ2n) is 4.65. The third-order valence-corrected chi connectivity index (χ3v) is 4.03. The second-order valence-corrected chi connectivity index (χ2v) is 5.97. The summed E-state index contributed by atoms with van der Waals surface area (Å²) in [4.78, 5) is 16.2. The molecule has 0 aromatic carbocycles. The van der Waals surface area contributed by atoms with Crippen LogP contribution in [0.1, 0.15) is 20.8 Å². The molecule has 3 nitrogen and oxygen atoms in total. The summed E-state index contributed by atoms with van der Waals surface area (Å²) < 4.78 is 1.73. The van der Waals surface area contributed by atoms with Crippen LogP contribution < -0.4 is 5.56 Å². The van der Waals surface area contributed by atoms with Gasteiger partial charge in [0, 0.05) is 30.6 Å². The zero-order valence-electron chi connectivity index (χ0n) is 10.5. The van der Waals surface area contributed by atoms with Crippen molar-refractivity contribution in [2.75, 3.05) is 11.6 Å². The van der Waals surface area contributed by atoms with Crippen molar-refractivity contribution in [2.45, 2.75) is 32.3 Å². The first-order valence-electron chi connectivity index (χ1n) is 5.78. The standard InChI is InChI=1S/C12H19ClN2OS/c1-9(2)7-15-5-4-14-11(12(15)16)17-8-10(3)6-13/h4-5,9-10H,6-8H2,1-3H3. The Balaban J connectivity index is 2.76. The number of hydrogen-bond donors (Lipinski definition) is 0. The second kappa shape index (κ2) is 7.07. The minimum absolute atomic E-state index is 0.00738. The van der Waals surface area contributed by atoms with Crippen molar-refractivity contribution < 1.29 is 0 Å². The summed E-state index contributed by atoms with van der Waals surface area (Å²) >= 11 is 7.23. The molecule has 0 spiro atoms. The zero-order valence-corrected chi connectivity index (χ0v) is 12.1. The molecule has 0 aliphatic rings. The van der Waals surface area contributed by atoms with Crippen LogP contribution >= 0.6 is 23.4 Å². The minimum Gasteiger partial charge on any atom is -0.311 e. The van der Waals surface area contributed by atoms with Crippen molar-refractivity contribution >= 4 is 23.4 Å². The van der Waals surface area contributed by atoms with Gasteiger partial charge in [-0.3, -0.25) is 4.79 Å². The lowest BCUT2D eigenvalue weighted by atomic mass is 10.2.